The maximum atomic E-state index is 12.2. The number of hydrogen-bond donors (Lipinski definition) is 1. The van der Waals surface area contributed by atoms with E-state index in [4.69, 9.17) is 0 Å². The van der Waals surface area contributed by atoms with Crippen LogP contribution in [0.4, 0.5) is 0 Å². The second kappa shape index (κ2) is 8.12. The summed E-state index contributed by atoms with van der Waals surface area (Å²) in [6.07, 6.45) is 0. The number of aromatic amines is 1. The number of pyridine rings is 1. The van der Waals surface area contributed by atoms with Crippen molar-refractivity contribution >= 4 is 46.1 Å². The Morgan fingerprint density at radius 3 is 2.30 bits per heavy atom. The summed E-state index contributed by atoms with van der Waals surface area (Å²) in [5.74, 6) is 0.920. The number of hydrogen-bond acceptors (Lipinski definition) is 3. The lowest BCUT2D eigenvalue weighted by Crippen LogP contribution is -2.15. The van der Waals surface area contributed by atoms with Crippen LogP contribution >= 0.6 is 46.1 Å². The van der Waals surface area contributed by atoms with Crippen LogP contribution in [0.1, 0.15) is 36.2 Å². The summed E-state index contributed by atoms with van der Waals surface area (Å²) < 4.78 is 0.789. The van der Waals surface area contributed by atoms with Crippen molar-refractivity contribution in [2.45, 2.75) is 55.4 Å². The summed E-state index contributed by atoms with van der Waals surface area (Å²) >= 11 is 5.79. The molecule has 2 nitrogen and oxygen atoms in total. The highest BCUT2D eigenvalue weighted by atomic mass is 127. The predicted molar refractivity (Wildman–Crippen MR) is 111 cm³/mol. The molecule has 0 saturated heterocycles. The third-order valence-corrected chi connectivity index (χ3v) is 7.05. The fourth-order valence-corrected chi connectivity index (χ4v) is 5.35. The van der Waals surface area contributed by atoms with Crippen LogP contribution in [-0.2, 0) is 5.75 Å². The summed E-state index contributed by atoms with van der Waals surface area (Å²) in [6.45, 7) is 10.6. The first-order valence-corrected chi connectivity index (χ1v) is 10.5. The second-order valence-corrected chi connectivity index (χ2v) is 9.71. The van der Waals surface area contributed by atoms with E-state index < -0.39 is 0 Å². The number of benzene rings is 1. The lowest BCUT2D eigenvalue weighted by molar-refractivity contribution is 1.01. The Labute approximate surface area is 160 Å². The molecule has 5 heteroatoms. The molecule has 0 saturated carbocycles. The SMILES string of the molecule is Cc1cc(C)cc(Sc2c(CSC(C)C)c(C)[nH]c(=O)c2I)c1. The third-order valence-electron chi connectivity index (χ3n) is 3.40. The van der Waals surface area contributed by atoms with Gasteiger partial charge in [0.2, 0.25) is 0 Å². The van der Waals surface area contributed by atoms with E-state index >= 15 is 0 Å². The lowest BCUT2D eigenvalue weighted by atomic mass is 10.2. The molecule has 0 bridgehead atoms. The van der Waals surface area contributed by atoms with Gasteiger partial charge in [0, 0.05) is 21.2 Å². The first kappa shape index (κ1) is 18.9. The van der Waals surface area contributed by atoms with E-state index in [0.29, 0.717) is 5.25 Å². The summed E-state index contributed by atoms with van der Waals surface area (Å²) in [6, 6.07) is 6.54. The molecule has 0 aliphatic carbocycles. The minimum atomic E-state index is 0.00766. The molecular weight excluding hydrogens is 437 g/mol. The number of thioether (sulfide) groups is 1. The van der Waals surface area contributed by atoms with E-state index in [9.17, 15) is 4.79 Å². The first-order valence-electron chi connectivity index (χ1n) is 7.57. The maximum Gasteiger partial charge on any atom is 0.262 e. The molecule has 1 aromatic heterocycles. The van der Waals surface area contributed by atoms with Crippen molar-refractivity contribution in [1.82, 2.24) is 4.98 Å². The monoisotopic (exact) mass is 459 g/mol. The van der Waals surface area contributed by atoms with Crippen molar-refractivity contribution in [1.29, 1.82) is 0 Å². The Morgan fingerprint density at radius 1 is 1.13 bits per heavy atom. The third kappa shape index (κ3) is 5.03. The highest BCUT2D eigenvalue weighted by Crippen LogP contribution is 2.36. The van der Waals surface area contributed by atoms with E-state index in [2.05, 4.69) is 73.5 Å². The van der Waals surface area contributed by atoms with Gasteiger partial charge in [-0.25, -0.2) is 0 Å². The van der Waals surface area contributed by atoms with Crippen LogP contribution in [0.2, 0.25) is 0 Å². The Kier molecular flexibility index (Phi) is 6.68. The van der Waals surface area contributed by atoms with Gasteiger partial charge in [-0.2, -0.15) is 11.8 Å². The molecule has 23 heavy (non-hydrogen) atoms. The fourth-order valence-electron chi connectivity index (χ4n) is 2.35. The number of aryl methyl sites for hydroxylation is 3. The fraction of sp³-hybridized carbons (Fsp3) is 0.389. The molecule has 2 rings (SSSR count). The second-order valence-electron chi connectivity index (χ2n) is 5.99. The van der Waals surface area contributed by atoms with Crippen molar-refractivity contribution in [3.8, 4) is 0 Å². The minimum Gasteiger partial charge on any atom is -0.325 e. The molecule has 0 spiro atoms. The van der Waals surface area contributed by atoms with E-state index in [-0.39, 0.29) is 5.56 Å². The van der Waals surface area contributed by atoms with Crippen LogP contribution in [0.5, 0.6) is 0 Å². The zero-order chi connectivity index (χ0) is 17.1. The van der Waals surface area contributed by atoms with Gasteiger partial charge in [0.05, 0.1) is 3.57 Å². The minimum absolute atomic E-state index is 0.00766. The van der Waals surface area contributed by atoms with Gasteiger partial charge in [0.15, 0.2) is 0 Å². The molecule has 0 unspecified atom stereocenters. The van der Waals surface area contributed by atoms with Crippen LogP contribution in [0, 0.1) is 24.3 Å². The number of H-pyrrole nitrogens is 1. The molecule has 0 amide bonds. The Morgan fingerprint density at radius 2 is 1.74 bits per heavy atom. The molecule has 0 atom stereocenters. The van der Waals surface area contributed by atoms with Gasteiger partial charge in [-0.1, -0.05) is 31.7 Å². The molecular formula is C18H22INOS2. The molecule has 1 N–H and O–H groups in total. The van der Waals surface area contributed by atoms with Crippen LogP contribution in [0.3, 0.4) is 0 Å². The van der Waals surface area contributed by atoms with Crippen LogP contribution in [0.25, 0.3) is 0 Å². The van der Waals surface area contributed by atoms with E-state index in [1.165, 1.54) is 21.6 Å². The van der Waals surface area contributed by atoms with Crippen molar-refractivity contribution in [3.05, 3.63) is 54.5 Å². The Hall–Kier alpha value is -0.400. The zero-order valence-corrected chi connectivity index (χ0v) is 17.9. The summed E-state index contributed by atoms with van der Waals surface area (Å²) in [4.78, 5) is 17.5. The van der Waals surface area contributed by atoms with Crippen molar-refractivity contribution in [3.63, 3.8) is 0 Å². The average molecular weight is 459 g/mol. The van der Waals surface area contributed by atoms with Gasteiger partial charge in [0.25, 0.3) is 5.56 Å². The Balaban J connectivity index is 2.48. The smallest absolute Gasteiger partial charge is 0.262 e. The van der Waals surface area contributed by atoms with E-state index in [1.54, 1.807) is 11.8 Å². The van der Waals surface area contributed by atoms with E-state index in [1.807, 2.05) is 18.7 Å². The van der Waals surface area contributed by atoms with Gasteiger partial charge in [-0.05, 0) is 77.4 Å². The zero-order valence-electron chi connectivity index (χ0n) is 14.1. The molecule has 0 radical (unpaired) electrons. The molecule has 0 fully saturated rings. The molecule has 2 aromatic rings. The van der Waals surface area contributed by atoms with Crippen molar-refractivity contribution < 1.29 is 0 Å². The van der Waals surface area contributed by atoms with Crippen molar-refractivity contribution in [2.24, 2.45) is 0 Å². The van der Waals surface area contributed by atoms with Gasteiger partial charge in [-0.15, -0.1) is 0 Å². The largest absolute Gasteiger partial charge is 0.325 e. The standard InChI is InChI=1S/C18H22INOS2/c1-10(2)22-9-15-13(5)20-18(21)16(19)17(15)23-14-7-11(3)6-12(4)8-14/h6-8,10H,9H2,1-5H3,(H,20,21). The van der Waals surface area contributed by atoms with E-state index in [0.717, 1.165) is 19.9 Å². The van der Waals surface area contributed by atoms with Gasteiger partial charge in [0.1, 0.15) is 0 Å². The summed E-state index contributed by atoms with van der Waals surface area (Å²) in [5.41, 5.74) is 4.74. The normalized spacial score (nSPS) is 11.3. The first-order chi connectivity index (χ1) is 10.8. The topological polar surface area (TPSA) is 32.9 Å². The van der Waals surface area contributed by atoms with Crippen LogP contribution in [-0.4, -0.2) is 10.2 Å². The van der Waals surface area contributed by atoms with Crippen LogP contribution in [0.15, 0.2) is 32.8 Å². The number of aromatic nitrogens is 1. The molecule has 0 aliphatic heterocycles. The average Bonchev–Trinajstić information content (AvgIpc) is 2.42. The lowest BCUT2D eigenvalue weighted by Gasteiger charge is -2.15. The maximum absolute atomic E-state index is 12.2. The Bertz CT molecular complexity index is 748. The molecule has 1 heterocycles. The number of nitrogens with one attached hydrogen (secondary N) is 1. The highest BCUT2D eigenvalue weighted by molar-refractivity contribution is 14.1. The molecule has 1 aromatic carbocycles. The van der Waals surface area contributed by atoms with Crippen molar-refractivity contribution in [2.75, 3.05) is 0 Å². The van der Waals surface area contributed by atoms with Crippen LogP contribution < -0.4 is 5.56 Å². The summed E-state index contributed by atoms with van der Waals surface area (Å²) in [5, 5.41) is 0.568. The van der Waals surface area contributed by atoms with Gasteiger partial charge < -0.3 is 4.98 Å². The molecule has 0 aliphatic rings. The number of rotatable bonds is 5. The highest BCUT2D eigenvalue weighted by Gasteiger charge is 2.16. The summed E-state index contributed by atoms with van der Waals surface area (Å²) in [7, 11) is 0. The number of halogens is 1. The quantitative estimate of drug-likeness (QED) is 0.583. The van der Waals surface area contributed by atoms with Gasteiger partial charge >= 0.3 is 0 Å². The molecule has 124 valence electrons. The predicted octanol–water partition coefficient (Wildman–Crippen LogP) is 5.70. The van der Waals surface area contributed by atoms with Gasteiger partial charge in [-0.3, -0.25) is 4.79 Å².